The molecule has 11 heavy (non-hydrogen) atoms. The molecular formula is C8H18N2S. The molecule has 0 aromatic carbocycles. The maximum absolute atomic E-state index is 5.28. The molecule has 0 heterocycles. The lowest BCUT2D eigenvalue weighted by atomic mass is 10.3. The van der Waals surface area contributed by atoms with Crippen LogP contribution >= 0.6 is 11.8 Å². The van der Waals surface area contributed by atoms with Gasteiger partial charge < -0.3 is 0 Å². The average Bonchev–Trinajstić information content (AvgIpc) is 1.88. The molecule has 0 radical (unpaired) electrons. The van der Waals surface area contributed by atoms with Gasteiger partial charge in [-0.05, 0) is 0 Å². The second kappa shape index (κ2) is 4.80. The van der Waals surface area contributed by atoms with Crippen LogP contribution in [0.25, 0.3) is 0 Å². The number of nitrogens with two attached hydrogens (primary N) is 1. The van der Waals surface area contributed by atoms with Crippen molar-refractivity contribution < 1.29 is 0 Å². The molecule has 3 N–H and O–H groups in total. The molecule has 0 aromatic rings. The fourth-order valence-electron chi connectivity index (χ4n) is 0.524. The monoisotopic (exact) mass is 174 g/mol. The van der Waals surface area contributed by atoms with E-state index in [1.807, 2.05) is 17.8 Å². The normalized spacial score (nSPS) is 14.5. The highest BCUT2D eigenvalue weighted by atomic mass is 32.2. The van der Waals surface area contributed by atoms with Crippen LogP contribution in [0.1, 0.15) is 20.8 Å². The molecule has 0 spiro atoms. The first-order chi connectivity index (χ1) is 4.99. The van der Waals surface area contributed by atoms with Crippen LogP contribution < -0.4 is 11.3 Å². The Bertz CT molecular complexity index is 118. The van der Waals surface area contributed by atoms with Crippen LogP contribution in [-0.2, 0) is 0 Å². The Kier molecular flexibility index (Phi) is 4.81. The van der Waals surface area contributed by atoms with Crippen molar-refractivity contribution in [2.45, 2.75) is 31.6 Å². The smallest absolute Gasteiger partial charge is 0.0478 e. The molecule has 1 atom stereocenters. The minimum absolute atomic E-state index is 0.222. The summed E-state index contributed by atoms with van der Waals surface area (Å²) in [6.45, 7) is 10.2. The molecule has 0 aliphatic carbocycles. The lowest BCUT2D eigenvalue weighted by molar-refractivity contribution is 0.673. The highest BCUT2D eigenvalue weighted by molar-refractivity contribution is 8.00. The molecule has 3 heteroatoms. The standard InChI is InChI=1S/C8H18N2S/c1-5-7(10-9)6-11-8(2,3)4/h5,7,10H,1,6,9H2,2-4H3. The van der Waals surface area contributed by atoms with Crippen LogP contribution in [0.2, 0.25) is 0 Å². The van der Waals surface area contributed by atoms with Gasteiger partial charge in [-0.3, -0.25) is 11.3 Å². The van der Waals surface area contributed by atoms with Gasteiger partial charge in [0.1, 0.15) is 0 Å². The molecular weight excluding hydrogens is 156 g/mol. The topological polar surface area (TPSA) is 38.0 Å². The Morgan fingerprint density at radius 3 is 2.45 bits per heavy atom. The SMILES string of the molecule is C=CC(CSC(C)(C)C)NN. The Morgan fingerprint density at radius 2 is 2.18 bits per heavy atom. The number of rotatable bonds is 4. The summed E-state index contributed by atoms with van der Waals surface area (Å²) in [7, 11) is 0. The van der Waals surface area contributed by atoms with Gasteiger partial charge in [-0.1, -0.05) is 26.8 Å². The van der Waals surface area contributed by atoms with E-state index in [0.29, 0.717) is 4.75 Å². The Hall–Kier alpha value is 0.01000. The summed E-state index contributed by atoms with van der Waals surface area (Å²) >= 11 is 1.88. The van der Waals surface area contributed by atoms with Crippen molar-refractivity contribution in [3.63, 3.8) is 0 Å². The highest BCUT2D eigenvalue weighted by Gasteiger charge is 2.12. The van der Waals surface area contributed by atoms with Gasteiger partial charge in [0, 0.05) is 16.5 Å². The van der Waals surface area contributed by atoms with Gasteiger partial charge in [-0.2, -0.15) is 11.8 Å². The minimum atomic E-state index is 0.222. The van der Waals surface area contributed by atoms with Crippen molar-refractivity contribution in [2.75, 3.05) is 5.75 Å². The van der Waals surface area contributed by atoms with Gasteiger partial charge in [-0.15, -0.1) is 6.58 Å². The molecule has 0 amide bonds. The van der Waals surface area contributed by atoms with Gasteiger partial charge in [0.2, 0.25) is 0 Å². The van der Waals surface area contributed by atoms with Gasteiger partial charge in [-0.25, -0.2) is 0 Å². The molecule has 0 saturated heterocycles. The van der Waals surface area contributed by atoms with Crippen LogP contribution in [0.4, 0.5) is 0 Å². The van der Waals surface area contributed by atoms with Crippen molar-refractivity contribution in [1.82, 2.24) is 5.43 Å². The first-order valence-electron chi connectivity index (χ1n) is 3.72. The molecule has 0 fully saturated rings. The highest BCUT2D eigenvalue weighted by Crippen LogP contribution is 2.23. The van der Waals surface area contributed by atoms with E-state index in [1.165, 1.54) is 0 Å². The molecule has 2 nitrogen and oxygen atoms in total. The van der Waals surface area contributed by atoms with Crippen molar-refractivity contribution in [2.24, 2.45) is 5.84 Å². The zero-order valence-corrected chi connectivity index (χ0v) is 8.37. The number of hydrogen-bond acceptors (Lipinski definition) is 3. The fraction of sp³-hybridized carbons (Fsp3) is 0.750. The Labute approximate surface area is 73.6 Å². The van der Waals surface area contributed by atoms with Crippen molar-refractivity contribution in [3.05, 3.63) is 12.7 Å². The molecule has 0 saturated carbocycles. The van der Waals surface area contributed by atoms with Crippen molar-refractivity contribution >= 4 is 11.8 Å². The minimum Gasteiger partial charge on any atom is -0.271 e. The molecule has 0 aromatic heterocycles. The Morgan fingerprint density at radius 1 is 1.64 bits per heavy atom. The van der Waals surface area contributed by atoms with Crippen LogP contribution in [-0.4, -0.2) is 16.5 Å². The second-order valence-corrected chi connectivity index (χ2v) is 5.28. The summed E-state index contributed by atoms with van der Waals surface area (Å²) in [5.41, 5.74) is 2.69. The zero-order chi connectivity index (χ0) is 8.91. The number of nitrogens with one attached hydrogen (secondary N) is 1. The maximum Gasteiger partial charge on any atom is 0.0478 e. The van der Waals surface area contributed by atoms with Crippen LogP contribution in [0.15, 0.2) is 12.7 Å². The summed E-state index contributed by atoms with van der Waals surface area (Å²) < 4.78 is 0.304. The van der Waals surface area contributed by atoms with Gasteiger partial charge in [0.15, 0.2) is 0 Å². The summed E-state index contributed by atoms with van der Waals surface area (Å²) in [6.07, 6.45) is 1.83. The van der Waals surface area contributed by atoms with E-state index in [-0.39, 0.29) is 6.04 Å². The van der Waals surface area contributed by atoms with Crippen molar-refractivity contribution in [1.29, 1.82) is 0 Å². The summed E-state index contributed by atoms with van der Waals surface area (Å²) in [5, 5.41) is 0. The van der Waals surface area contributed by atoms with E-state index < -0.39 is 0 Å². The lowest BCUT2D eigenvalue weighted by Gasteiger charge is -2.20. The zero-order valence-electron chi connectivity index (χ0n) is 7.55. The van der Waals surface area contributed by atoms with Crippen LogP contribution in [0.3, 0.4) is 0 Å². The Balaban J connectivity index is 3.59. The average molecular weight is 174 g/mol. The van der Waals surface area contributed by atoms with Gasteiger partial charge >= 0.3 is 0 Å². The first-order valence-corrected chi connectivity index (χ1v) is 4.71. The van der Waals surface area contributed by atoms with E-state index in [0.717, 1.165) is 5.75 Å². The molecule has 0 bridgehead atoms. The fourth-order valence-corrected chi connectivity index (χ4v) is 1.44. The van der Waals surface area contributed by atoms with Crippen LogP contribution in [0.5, 0.6) is 0 Å². The van der Waals surface area contributed by atoms with Gasteiger partial charge in [0.25, 0.3) is 0 Å². The van der Waals surface area contributed by atoms with E-state index in [2.05, 4.69) is 32.8 Å². The third-order valence-corrected chi connectivity index (χ3v) is 2.59. The maximum atomic E-state index is 5.28. The molecule has 0 aliphatic heterocycles. The predicted octanol–water partition coefficient (Wildman–Crippen LogP) is 1.54. The largest absolute Gasteiger partial charge is 0.271 e. The first kappa shape index (κ1) is 11.0. The number of hydrogen-bond donors (Lipinski definition) is 2. The second-order valence-electron chi connectivity index (χ2n) is 3.43. The third kappa shape index (κ3) is 6.41. The van der Waals surface area contributed by atoms with E-state index >= 15 is 0 Å². The van der Waals surface area contributed by atoms with Gasteiger partial charge in [0.05, 0.1) is 0 Å². The molecule has 66 valence electrons. The van der Waals surface area contributed by atoms with E-state index in [4.69, 9.17) is 5.84 Å². The predicted molar refractivity (Wildman–Crippen MR) is 53.5 cm³/mol. The number of hydrazine groups is 1. The molecule has 0 aliphatic rings. The van der Waals surface area contributed by atoms with Crippen LogP contribution in [0, 0.1) is 0 Å². The summed E-state index contributed by atoms with van der Waals surface area (Å²) in [5.74, 6) is 6.25. The quantitative estimate of drug-likeness (QED) is 0.386. The lowest BCUT2D eigenvalue weighted by Crippen LogP contribution is -2.36. The summed E-state index contributed by atoms with van der Waals surface area (Å²) in [4.78, 5) is 0. The van der Waals surface area contributed by atoms with E-state index in [9.17, 15) is 0 Å². The summed E-state index contributed by atoms with van der Waals surface area (Å²) in [6, 6.07) is 0.222. The molecule has 1 unspecified atom stereocenters. The van der Waals surface area contributed by atoms with E-state index in [1.54, 1.807) is 0 Å². The van der Waals surface area contributed by atoms with Crippen molar-refractivity contribution in [3.8, 4) is 0 Å². The number of thioether (sulfide) groups is 1. The third-order valence-electron chi connectivity index (χ3n) is 1.19. The molecule has 0 rings (SSSR count).